The van der Waals surface area contributed by atoms with Crippen molar-refractivity contribution in [1.29, 1.82) is 0 Å². The van der Waals surface area contributed by atoms with E-state index in [-0.39, 0.29) is 35.5 Å². The number of anilines is 1. The van der Waals surface area contributed by atoms with Gasteiger partial charge >= 0.3 is 0 Å². The number of rotatable bonds is 1. The molecule has 1 saturated heterocycles. The molecule has 2 amide bonds. The Morgan fingerprint density at radius 3 is 1.70 bits per heavy atom. The summed E-state index contributed by atoms with van der Waals surface area (Å²) in [4.78, 5) is 28.7. The van der Waals surface area contributed by atoms with Gasteiger partial charge in [-0.3, -0.25) is 9.59 Å². The molecule has 7 aliphatic rings. The van der Waals surface area contributed by atoms with Crippen molar-refractivity contribution in [3.05, 3.63) is 52.6 Å². The van der Waals surface area contributed by atoms with Crippen LogP contribution in [0.1, 0.15) is 43.2 Å². The average Bonchev–Trinajstić information content (AvgIpc) is 3.30. The first-order chi connectivity index (χ1) is 14.5. The maximum Gasteiger partial charge on any atom is 0.238 e. The van der Waals surface area contributed by atoms with Crippen LogP contribution in [0.2, 0.25) is 0 Å². The number of allylic oxidation sites excluding steroid dienone is 4. The Balaban J connectivity index is 1.29. The highest BCUT2D eigenvalue weighted by atomic mass is 16.2. The van der Waals surface area contributed by atoms with Crippen LogP contribution < -0.4 is 4.90 Å². The molecule has 6 bridgehead atoms. The fourth-order valence-electron chi connectivity index (χ4n) is 8.65. The van der Waals surface area contributed by atoms with Gasteiger partial charge in [0.25, 0.3) is 0 Å². The Morgan fingerprint density at radius 2 is 1.20 bits per heavy atom. The summed E-state index contributed by atoms with van der Waals surface area (Å²) in [6, 6.07) is 6.06. The molecule has 3 nitrogen and oxygen atoms in total. The standard InChI is InChI=1S/C27H29NO2/c1-13-5-14(2)7-19(6-13)28-26(29)24-20-3-4-21(25(24)27(28)30)23(20)22-17-9-15-8-16(11-17)12-18(22)10-15/h3-7,15-18,20-21,24-25H,8-12H2,1-2H3/t15?,16?,17?,18?,20-,21-,24+,25+/m1/s1. The molecule has 30 heavy (non-hydrogen) atoms. The zero-order chi connectivity index (χ0) is 20.3. The molecule has 1 aliphatic heterocycles. The van der Waals surface area contributed by atoms with Gasteiger partial charge in [0.05, 0.1) is 17.5 Å². The van der Waals surface area contributed by atoms with Gasteiger partial charge in [0.1, 0.15) is 0 Å². The van der Waals surface area contributed by atoms with Crippen LogP contribution in [-0.2, 0) is 9.59 Å². The average molecular weight is 400 g/mol. The Hall–Kier alpha value is -2.16. The second-order valence-electron chi connectivity index (χ2n) is 11.1. The van der Waals surface area contributed by atoms with Crippen LogP contribution in [0.4, 0.5) is 5.69 Å². The maximum absolute atomic E-state index is 13.6. The highest BCUT2D eigenvalue weighted by molar-refractivity contribution is 6.23. The lowest BCUT2D eigenvalue weighted by Gasteiger charge is -2.52. The van der Waals surface area contributed by atoms with Crippen LogP contribution in [0.15, 0.2) is 41.5 Å². The van der Waals surface area contributed by atoms with Crippen molar-refractivity contribution in [3.63, 3.8) is 0 Å². The molecule has 0 radical (unpaired) electrons. The number of aryl methyl sites for hydroxylation is 2. The molecular formula is C27H29NO2. The number of hydrogen-bond donors (Lipinski definition) is 0. The molecule has 0 spiro atoms. The highest BCUT2D eigenvalue weighted by Gasteiger charge is 2.63. The minimum Gasteiger partial charge on any atom is -0.274 e. The molecule has 1 aromatic carbocycles. The minimum atomic E-state index is -0.173. The summed E-state index contributed by atoms with van der Waals surface area (Å²) in [5.74, 6) is 3.41. The first-order valence-corrected chi connectivity index (χ1v) is 11.9. The summed E-state index contributed by atoms with van der Waals surface area (Å²) in [6.45, 7) is 4.06. The lowest BCUT2D eigenvalue weighted by molar-refractivity contribution is -0.122. The van der Waals surface area contributed by atoms with Gasteiger partial charge in [0, 0.05) is 11.8 Å². The predicted molar refractivity (Wildman–Crippen MR) is 116 cm³/mol. The summed E-state index contributed by atoms with van der Waals surface area (Å²) in [5, 5.41) is 0. The molecule has 8 rings (SSSR count). The molecule has 6 fully saturated rings. The molecule has 0 aromatic heterocycles. The molecule has 5 saturated carbocycles. The summed E-state index contributed by atoms with van der Waals surface area (Å²) in [5.41, 5.74) is 6.18. The first kappa shape index (κ1) is 17.5. The molecule has 1 aromatic rings. The summed E-state index contributed by atoms with van der Waals surface area (Å²) in [7, 11) is 0. The van der Waals surface area contributed by atoms with E-state index < -0.39 is 0 Å². The van der Waals surface area contributed by atoms with Crippen molar-refractivity contribution in [2.45, 2.75) is 46.0 Å². The Labute approximate surface area is 178 Å². The van der Waals surface area contributed by atoms with Crippen LogP contribution in [0, 0.1) is 61.2 Å². The second kappa shape index (κ2) is 5.75. The quantitative estimate of drug-likeness (QED) is 0.493. The first-order valence-electron chi connectivity index (χ1n) is 11.9. The van der Waals surface area contributed by atoms with Gasteiger partial charge in [0.2, 0.25) is 11.8 Å². The summed E-state index contributed by atoms with van der Waals surface area (Å²) in [6.07, 6.45) is 11.4. The number of hydrogen-bond acceptors (Lipinski definition) is 2. The lowest BCUT2D eigenvalue weighted by atomic mass is 9.53. The van der Waals surface area contributed by atoms with E-state index in [2.05, 4.69) is 18.2 Å². The Morgan fingerprint density at radius 1 is 0.700 bits per heavy atom. The van der Waals surface area contributed by atoms with Crippen molar-refractivity contribution in [2.75, 3.05) is 4.90 Å². The Bertz CT molecular complexity index is 978. The molecule has 4 atom stereocenters. The molecule has 0 N–H and O–H groups in total. The molecule has 0 unspecified atom stereocenters. The van der Waals surface area contributed by atoms with Gasteiger partial charge in [-0.2, -0.15) is 0 Å². The third-order valence-electron chi connectivity index (χ3n) is 9.23. The smallest absolute Gasteiger partial charge is 0.238 e. The van der Waals surface area contributed by atoms with Gasteiger partial charge in [-0.1, -0.05) is 29.4 Å². The van der Waals surface area contributed by atoms with Gasteiger partial charge in [-0.05, 0) is 92.9 Å². The number of imide groups is 1. The van der Waals surface area contributed by atoms with Crippen LogP contribution in [0.25, 0.3) is 0 Å². The van der Waals surface area contributed by atoms with Crippen LogP contribution in [0.3, 0.4) is 0 Å². The SMILES string of the molecule is Cc1cc(C)cc(N2C(=O)[C@@H]3[C@@H](C2=O)[C@@H]2C=C[C@@H]3C2=C2C3CC4CC(C3)CC2C4)c1. The fourth-order valence-corrected chi connectivity index (χ4v) is 8.65. The van der Waals surface area contributed by atoms with Gasteiger partial charge in [-0.15, -0.1) is 0 Å². The van der Waals surface area contributed by atoms with E-state index in [1.54, 1.807) is 5.57 Å². The number of nitrogens with zero attached hydrogens (tertiary/aromatic N) is 1. The van der Waals surface area contributed by atoms with Crippen molar-refractivity contribution < 1.29 is 9.59 Å². The number of benzene rings is 1. The lowest BCUT2D eigenvalue weighted by Crippen LogP contribution is -2.41. The molecule has 1 heterocycles. The number of carbonyl (C=O) groups excluding carboxylic acids is 2. The number of amides is 2. The second-order valence-corrected chi connectivity index (χ2v) is 11.1. The molecule has 6 aliphatic carbocycles. The van der Waals surface area contributed by atoms with E-state index in [9.17, 15) is 9.59 Å². The van der Waals surface area contributed by atoms with E-state index in [1.807, 2.05) is 26.0 Å². The topological polar surface area (TPSA) is 37.4 Å². The third-order valence-corrected chi connectivity index (χ3v) is 9.23. The van der Waals surface area contributed by atoms with E-state index in [4.69, 9.17) is 0 Å². The van der Waals surface area contributed by atoms with Gasteiger partial charge in [0.15, 0.2) is 0 Å². The number of carbonyl (C=O) groups is 2. The zero-order valence-electron chi connectivity index (χ0n) is 17.8. The minimum absolute atomic E-state index is 0.0359. The van der Waals surface area contributed by atoms with Crippen molar-refractivity contribution in [1.82, 2.24) is 0 Å². The number of fused-ring (bicyclic) bond motifs is 5. The molecule has 154 valence electrons. The monoisotopic (exact) mass is 399 g/mol. The van der Waals surface area contributed by atoms with E-state index >= 15 is 0 Å². The predicted octanol–water partition coefficient (Wildman–Crippen LogP) is 4.98. The van der Waals surface area contributed by atoms with Crippen LogP contribution in [0.5, 0.6) is 0 Å². The van der Waals surface area contributed by atoms with Crippen molar-refractivity contribution in [3.8, 4) is 0 Å². The normalized spacial score (nSPS) is 42.8. The summed E-state index contributed by atoms with van der Waals surface area (Å²) < 4.78 is 0. The van der Waals surface area contributed by atoms with Gasteiger partial charge in [-0.25, -0.2) is 4.90 Å². The molecule has 3 heteroatoms. The molecular weight excluding hydrogens is 370 g/mol. The third kappa shape index (κ3) is 2.11. The van der Waals surface area contributed by atoms with Crippen LogP contribution in [-0.4, -0.2) is 11.8 Å². The summed E-state index contributed by atoms with van der Waals surface area (Å²) >= 11 is 0. The van der Waals surface area contributed by atoms with Gasteiger partial charge < -0.3 is 0 Å². The van der Waals surface area contributed by atoms with E-state index in [1.165, 1.54) is 42.6 Å². The maximum atomic E-state index is 13.6. The largest absolute Gasteiger partial charge is 0.274 e. The van der Waals surface area contributed by atoms with Crippen LogP contribution >= 0.6 is 0 Å². The Kier molecular flexibility index (Phi) is 3.36. The highest BCUT2D eigenvalue weighted by Crippen LogP contribution is 2.63. The van der Waals surface area contributed by atoms with E-state index in [0.29, 0.717) is 0 Å². The van der Waals surface area contributed by atoms with Crippen molar-refractivity contribution >= 4 is 17.5 Å². The van der Waals surface area contributed by atoms with Crippen molar-refractivity contribution in [2.24, 2.45) is 47.3 Å². The fraction of sp³-hybridized carbons (Fsp3) is 0.556. The zero-order valence-corrected chi connectivity index (χ0v) is 17.8. The van der Waals surface area contributed by atoms with E-state index in [0.717, 1.165) is 40.5 Å².